The maximum Gasteiger partial charge on any atom is 0.449 e. The minimum atomic E-state index is -4.78. The topological polar surface area (TPSA) is 112 Å². The van der Waals surface area contributed by atoms with Crippen molar-refractivity contribution in [3.8, 4) is 0 Å². The van der Waals surface area contributed by atoms with Crippen molar-refractivity contribution in [2.24, 2.45) is 0 Å². The number of fused-ring (bicyclic) bond motifs is 1. The van der Waals surface area contributed by atoms with Gasteiger partial charge in [0.15, 0.2) is 5.25 Å². The Labute approximate surface area is 151 Å². The van der Waals surface area contributed by atoms with Gasteiger partial charge in [-0.1, -0.05) is 30.3 Å². The summed E-state index contributed by atoms with van der Waals surface area (Å²) in [6.07, 6.45) is -4.66. The van der Waals surface area contributed by atoms with Crippen LogP contribution in [0.15, 0.2) is 48.5 Å². The first-order valence-electron chi connectivity index (χ1n) is 7.45. The first-order valence-corrected chi connectivity index (χ1v) is 8.95. The van der Waals surface area contributed by atoms with E-state index in [0.29, 0.717) is 0 Å². The molecule has 3 N–H and O–H groups in total. The van der Waals surface area contributed by atoms with Crippen molar-refractivity contribution in [1.29, 1.82) is 0 Å². The Morgan fingerprint density at radius 2 is 1.81 bits per heavy atom. The summed E-state index contributed by atoms with van der Waals surface area (Å²) in [5.41, 5.74) is 0.104. The molecule has 1 unspecified atom stereocenters. The molecule has 0 saturated heterocycles. The molecule has 0 radical (unpaired) electrons. The van der Waals surface area contributed by atoms with Gasteiger partial charge < -0.3 is 10.3 Å². The van der Waals surface area contributed by atoms with Crippen molar-refractivity contribution in [3.05, 3.63) is 59.9 Å². The highest BCUT2D eigenvalue weighted by atomic mass is 32.2. The monoisotopic (exact) mass is 399 g/mol. The molecule has 0 fully saturated rings. The minimum Gasteiger partial charge on any atom is -0.334 e. The van der Waals surface area contributed by atoms with Gasteiger partial charge in [-0.25, -0.2) is 4.98 Å². The molecule has 0 bridgehead atoms. The van der Waals surface area contributed by atoms with Crippen LogP contribution in [0.25, 0.3) is 11.0 Å². The Hall–Kier alpha value is -2.92. The van der Waals surface area contributed by atoms with E-state index in [1.807, 2.05) is 0 Å². The van der Waals surface area contributed by atoms with E-state index in [9.17, 15) is 30.9 Å². The summed E-state index contributed by atoms with van der Waals surface area (Å²) >= 11 is 0. The van der Waals surface area contributed by atoms with Crippen LogP contribution in [0.2, 0.25) is 0 Å². The average Bonchev–Trinajstić information content (AvgIpc) is 2.98. The molecule has 0 aliphatic heterocycles. The van der Waals surface area contributed by atoms with Crippen LogP contribution in [-0.4, -0.2) is 28.8 Å². The maximum absolute atomic E-state index is 12.7. The molecule has 142 valence electrons. The van der Waals surface area contributed by atoms with Gasteiger partial charge in [-0.05, 0) is 23.8 Å². The lowest BCUT2D eigenvalue weighted by Gasteiger charge is -2.14. The predicted molar refractivity (Wildman–Crippen MR) is 90.5 cm³/mol. The predicted octanol–water partition coefficient (Wildman–Crippen LogP) is 3.15. The molecule has 7 nitrogen and oxygen atoms in total. The van der Waals surface area contributed by atoms with Crippen LogP contribution in [0.1, 0.15) is 16.6 Å². The van der Waals surface area contributed by atoms with Crippen molar-refractivity contribution >= 4 is 32.7 Å². The summed E-state index contributed by atoms with van der Waals surface area (Å²) in [4.78, 5) is 17.9. The lowest BCUT2D eigenvalue weighted by molar-refractivity contribution is -0.144. The summed E-state index contributed by atoms with van der Waals surface area (Å²) in [6.45, 7) is 0. The number of hydrogen-bond donors (Lipinski definition) is 3. The molecule has 2 aromatic carbocycles. The number of amides is 1. The number of benzene rings is 2. The van der Waals surface area contributed by atoms with Gasteiger partial charge in [-0.3, -0.25) is 9.35 Å². The lowest BCUT2D eigenvalue weighted by Crippen LogP contribution is -2.27. The highest BCUT2D eigenvalue weighted by molar-refractivity contribution is 7.86. The van der Waals surface area contributed by atoms with Crippen LogP contribution in [0, 0.1) is 0 Å². The zero-order valence-electron chi connectivity index (χ0n) is 13.4. The molecule has 1 amide bonds. The molecule has 0 aliphatic carbocycles. The Morgan fingerprint density at radius 1 is 1.15 bits per heavy atom. The van der Waals surface area contributed by atoms with Crippen LogP contribution in [0.3, 0.4) is 0 Å². The zero-order valence-corrected chi connectivity index (χ0v) is 14.2. The normalized spacial score (nSPS) is 13.5. The number of halogens is 3. The van der Waals surface area contributed by atoms with E-state index in [0.717, 1.165) is 0 Å². The van der Waals surface area contributed by atoms with E-state index in [2.05, 4.69) is 15.3 Å². The largest absolute Gasteiger partial charge is 0.449 e. The second-order valence-electron chi connectivity index (χ2n) is 5.61. The number of carbonyl (C=O) groups excluding carboxylic acids is 1. The third-order valence-corrected chi connectivity index (χ3v) is 4.74. The minimum absolute atomic E-state index is 0.00300. The highest BCUT2D eigenvalue weighted by Crippen LogP contribution is 2.30. The number of nitrogens with one attached hydrogen (secondary N) is 2. The van der Waals surface area contributed by atoms with Crippen molar-refractivity contribution in [3.63, 3.8) is 0 Å². The first kappa shape index (κ1) is 18.9. The average molecular weight is 399 g/mol. The fourth-order valence-corrected chi connectivity index (χ4v) is 3.35. The van der Waals surface area contributed by atoms with Crippen LogP contribution in [0.5, 0.6) is 0 Å². The third kappa shape index (κ3) is 4.09. The van der Waals surface area contributed by atoms with Gasteiger partial charge in [0, 0.05) is 5.69 Å². The molecule has 1 atom stereocenters. The highest BCUT2D eigenvalue weighted by Gasteiger charge is 2.35. The van der Waals surface area contributed by atoms with Gasteiger partial charge >= 0.3 is 6.18 Å². The molecule has 1 aromatic heterocycles. The smallest absolute Gasteiger partial charge is 0.334 e. The van der Waals surface area contributed by atoms with E-state index in [4.69, 9.17) is 0 Å². The molecule has 3 aromatic rings. The molecular weight excluding hydrogens is 387 g/mol. The number of nitrogens with zero attached hydrogens (tertiary/aromatic N) is 1. The quantitative estimate of drug-likeness (QED) is 0.584. The Balaban J connectivity index is 1.92. The summed E-state index contributed by atoms with van der Waals surface area (Å²) in [5.74, 6) is -2.25. The summed E-state index contributed by atoms with van der Waals surface area (Å²) in [7, 11) is -4.78. The van der Waals surface area contributed by atoms with Crippen LogP contribution >= 0.6 is 0 Å². The van der Waals surface area contributed by atoms with Gasteiger partial charge in [0.05, 0.1) is 11.0 Å². The molecule has 27 heavy (non-hydrogen) atoms. The van der Waals surface area contributed by atoms with Gasteiger partial charge in [-0.15, -0.1) is 0 Å². The third-order valence-electron chi connectivity index (χ3n) is 3.66. The van der Waals surface area contributed by atoms with E-state index in [-0.39, 0.29) is 22.3 Å². The number of H-pyrrole nitrogens is 1. The summed E-state index contributed by atoms with van der Waals surface area (Å²) < 4.78 is 70.8. The second-order valence-corrected chi connectivity index (χ2v) is 7.11. The van der Waals surface area contributed by atoms with Crippen molar-refractivity contribution in [2.45, 2.75) is 11.4 Å². The van der Waals surface area contributed by atoms with Crippen molar-refractivity contribution in [2.75, 3.05) is 5.32 Å². The van der Waals surface area contributed by atoms with E-state index < -0.39 is 33.3 Å². The van der Waals surface area contributed by atoms with E-state index in [1.54, 1.807) is 6.07 Å². The van der Waals surface area contributed by atoms with Gasteiger partial charge in [-0.2, -0.15) is 21.6 Å². The Kier molecular flexibility index (Phi) is 4.66. The molecule has 11 heteroatoms. The lowest BCUT2D eigenvalue weighted by atomic mass is 10.1. The number of imidazole rings is 1. The molecular formula is C16H12F3N3O4S. The molecule has 0 saturated carbocycles. The number of carbonyl (C=O) groups is 1. The summed E-state index contributed by atoms with van der Waals surface area (Å²) in [6, 6.07) is 11.0. The SMILES string of the molecule is O=C(Nc1ccc2nc(C(F)(F)F)[nH]c2c1)C(c1ccccc1)S(=O)(=O)O. The molecule has 1 heterocycles. The summed E-state index contributed by atoms with van der Waals surface area (Å²) in [5, 5.41) is 0.393. The number of hydrogen-bond acceptors (Lipinski definition) is 4. The zero-order chi connectivity index (χ0) is 19.8. The number of aromatic nitrogens is 2. The van der Waals surface area contributed by atoms with Gasteiger partial charge in [0.25, 0.3) is 10.1 Å². The number of rotatable bonds is 4. The van der Waals surface area contributed by atoms with Crippen molar-refractivity contribution < 1.29 is 30.9 Å². The van der Waals surface area contributed by atoms with Gasteiger partial charge in [0.1, 0.15) is 0 Å². The van der Waals surface area contributed by atoms with Gasteiger partial charge in [0.2, 0.25) is 11.7 Å². The van der Waals surface area contributed by atoms with E-state index in [1.165, 1.54) is 42.5 Å². The standard InChI is InChI=1S/C16H12F3N3O4S/c17-16(18,19)15-21-11-7-6-10(8-12(11)22-15)20-14(23)13(27(24,25)26)9-4-2-1-3-5-9/h1-8,13H,(H,20,23)(H,21,22)(H,24,25,26). The van der Waals surface area contributed by atoms with E-state index >= 15 is 0 Å². The second kappa shape index (κ2) is 6.67. The molecule has 3 rings (SSSR count). The fraction of sp³-hybridized carbons (Fsp3) is 0.125. The van der Waals surface area contributed by atoms with Crippen molar-refractivity contribution in [1.82, 2.24) is 9.97 Å². The number of aromatic amines is 1. The number of anilines is 1. The Bertz CT molecular complexity index is 1100. The van der Waals surface area contributed by atoms with Crippen LogP contribution in [-0.2, 0) is 21.1 Å². The molecule has 0 aliphatic rings. The fourth-order valence-electron chi connectivity index (χ4n) is 2.52. The van der Waals surface area contributed by atoms with Crippen LogP contribution < -0.4 is 5.32 Å². The number of alkyl halides is 3. The first-order chi connectivity index (χ1) is 12.6. The molecule has 0 spiro atoms. The Morgan fingerprint density at radius 3 is 2.41 bits per heavy atom. The maximum atomic E-state index is 12.7. The van der Waals surface area contributed by atoms with Crippen LogP contribution in [0.4, 0.5) is 18.9 Å².